The molecule has 2 heterocycles. The van der Waals surface area contributed by atoms with Gasteiger partial charge >= 0.3 is 0 Å². The molecule has 0 saturated heterocycles. The molecule has 3 aromatic rings. The smallest absolute Gasteiger partial charge is 0.108 e. The van der Waals surface area contributed by atoms with Crippen LogP contribution in [-0.2, 0) is 0 Å². The summed E-state index contributed by atoms with van der Waals surface area (Å²) in [5.74, 6) is 0. The molecular weight excluding hydrogens is 332 g/mol. The van der Waals surface area contributed by atoms with E-state index in [1.165, 1.54) is 16.0 Å². The third-order valence-corrected chi connectivity index (χ3v) is 4.04. The van der Waals surface area contributed by atoms with Crippen molar-refractivity contribution in [2.45, 2.75) is 13.8 Å². The molecule has 2 nitrogen and oxygen atoms in total. The highest BCUT2D eigenvalue weighted by Gasteiger charge is 2.15. The maximum atomic E-state index is 4.65. The van der Waals surface area contributed by atoms with Crippen molar-refractivity contribution < 1.29 is 0 Å². The Morgan fingerprint density at radius 1 is 0.950 bits per heavy atom. The molecule has 0 saturated carbocycles. The van der Waals surface area contributed by atoms with Crippen LogP contribution in [-0.4, -0.2) is 9.97 Å². The number of aryl methyl sites for hydroxylation is 2. The van der Waals surface area contributed by atoms with Crippen molar-refractivity contribution in [1.82, 2.24) is 9.97 Å². The van der Waals surface area contributed by atoms with E-state index in [0.29, 0.717) is 0 Å². The maximum Gasteiger partial charge on any atom is 0.108 e. The standard InChI is InChI=1S/C16H14N2S.BrH/c1-11-7-3-4-8-13(11)16-15(18-12(2)19-16)14-9-5-6-10-17-14;/h3-10H,1-2H3;1H. The van der Waals surface area contributed by atoms with Crippen molar-refractivity contribution in [1.29, 1.82) is 0 Å². The van der Waals surface area contributed by atoms with E-state index in [0.717, 1.165) is 16.4 Å². The molecule has 0 aliphatic carbocycles. The zero-order chi connectivity index (χ0) is 13.2. The topological polar surface area (TPSA) is 25.8 Å². The Balaban J connectivity index is 0.00000147. The summed E-state index contributed by atoms with van der Waals surface area (Å²) in [6.07, 6.45) is 1.81. The van der Waals surface area contributed by atoms with Gasteiger partial charge in [-0.15, -0.1) is 28.3 Å². The summed E-state index contributed by atoms with van der Waals surface area (Å²) in [6, 6.07) is 14.3. The van der Waals surface area contributed by atoms with Crippen LogP contribution in [0.5, 0.6) is 0 Å². The lowest BCUT2D eigenvalue weighted by Gasteiger charge is -2.05. The van der Waals surface area contributed by atoms with E-state index in [9.17, 15) is 0 Å². The van der Waals surface area contributed by atoms with Gasteiger partial charge in [0.15, 0.2) is 0 Å². The molecule has 0 N–H and O–H groups in total. The van der Waals surface area contributed by atoms with Crippen LogP contribution in [0.15, 0.2) is 48.7 Å². The molecule has 0 bridgehead atoms. The molecule has 1 aromatic carbocycles. The molecule has 0 spiro atoms. The number of rotatable bonds is 2. The number of thiazole rings is 1. The molecule has 4 heteroatoms. The van der Waals surface area contributed by atoms with Gasteiger partial charge in [-0.3, -0.25) is 4.98 Å². The van der Waals surface area contributed by atoms with Gasteiger partial charge in [0.25, 0.3) is 0 Å². The lowest BCUT2D eigenvalue weighted by molar-refractivity contribution is 1.24. The number of nitrogens with zero attached hydrogens (tertiary/aromatic N) is 2. The summed E-state index contributed by atoms with van der Waals surface area (Å²) in [6.45, 7) is 4.17. The second kappa shape index (κ2) is 6.29. The number of halogens is 1. The lowest BCUT2D eigenvalue weighted by atomic mass is 10.1. The number of pyridine rings is 1. The highest BCUT2D eigenvalue weighted by Crippen LogP contribution is 2.37. The Morgan fingerprint density at radius 3 is 2.40 bits per heavy atom. The summed E-state index contributed by atoms with van der Waals surface area (Å²) in [7, 11) is 0. The average molecular weight is 347 g/mol. The van der Waals surface area contributed by atoms with Crippen LogP contribution in [0, 0.1) is 13.8 Å². The van der Waals surface area contributed by atoms with Gasteiger partial charge in [0.05, 0.1) is 15.6 Å². The van der Waals surface area contributed by atoms with Crippen LogP contribution in [0.25, 0.3) is 21.8 Å². The minimum absolute atomic E-state index is 0. The average Bonchev–Trinajstić information content (AvgIpc) is 2.82. The molecule has 102 valence electrons. The van der Waals surface area contributed by atoms with Crippen LogP contribution in [0.1, 0.15) is 10.6 Å². The largest absolute Gasteiger partial charge is 0.255 e. The van der Waals surface area contributed by atoms with Gasteiger partial charge in [0.1, 0.15) is 5.69 Å². The van der Waals surface area contributed by atoms with Gasteiger partial charge in [0.2, 0.25) is 0 Å². The van der Waals surface area contributed by atoms with E-state index >= 15 is 0 Å². The summed E-state index contributed by atoms with van der Waals surface area (Å²) in [4.78, 5) is 10.3. The van der Waals surface area contributed by atoms with Crippen molar-refractivity contribution in [3.05, 3.63) is 59.2 Å². The minimum atomic E-state index is 0. The third-order valence-electron chi connectivity index (χ3n) is 3.03. The Morgan fingerprint density at radius 2 is 1.70 bits per heavy atom. The van der Waals surface area contributed by atoms with Crippen LogP contribution < -0.4 is 0 Å². The fourth-order valence-corrected chi connectivity index (χ4v) is 3.13. The van der Waals surface area contributed by atoms with Crippen molar-refractivity contribution >= 4 is 28.3 Å². The second-order valence-electron chi connectivity index (χ2n) is 4.44. The first-order chi connectivity index (χ1) is 9.25. The monoisotopic (exact) mass is 346 g/mol. The SMILES string of the molecule is Br.Cc1nc(-c2ccccn2)c(-c2ccccc2C)s1. The summed E-state index contributed by atoms with van der Waals surface area (Å²) in [5, 5.41) is 1.07. The van der Waals surface area contributed by atoms with Crippen LogP contribution >= 0.6 is 28.3 Å². The second-order valence-corrected chi connectivity index (χ2v) is 5.64. The van der Waals surface area contributed by atoms with Crippen LogP contribution in [0.4, 0.5) is 0 Å². The van der Waals surface area contributed by atoms with Gasteiger partial charge in [-0.2, -0.15) is 0 Å². The Hall–Kier alpha value is -1.52. The summed E-state index contributed by atoms with van der Waals surface area (Å²) < 4.78 is 0. The van der Waals surface area contributed by atoms with E-state index in [4.69, 9.17) is 0 Å². The molecule has 0 aliphatic heterocycles. The third kappa shape index (κ3) is 2.81. The molecule has 0 atom stereocenters. The van der Waals surface area contributed by atoms with E-state index in [1.54, 1.807) is 11.3 Å². The molecule has 0 fully saturated rings. The Kier molecular flexibility index (Phi) is 4.68. The van der Waals surface area contributed by atoms with Gasteiger partial charge in [-0.05, 0) is 37.1 Å². The molecule has 2 aromatic heterocycles. The van der Waals surface area contributed by atoms with Crippen LogP contribution in [0.3, 0.4) is 0 Å². The molecular formula is C16H15BrN2S. The molecule has 0 amide bonds. The van der Waals surface area contributed by atoms with Gasteiger partial charge < -0.3 is 0 Å². The zero-order valence-corrected chi connectivity index (χ0v) is 13.9. The number of hydrogen-bond acceptors (Lipinski definition) is 3. The first-order valence-electron chi connectivity index (χ1n) is 6.20. The highest BCUT2D eigenvalue weighted by molar-refractivity contribution is 8.93. The fourth-order valence-electron chi connectivity index (χ4n) is 2.11. The predicted octanol–water partition coefficient (Wildman–Crippen LogP) is 5.07. The minimum Gasteiger partial charge on any atom is -0.255 e. The predicted molar refractivity (Wildman–Crippen MR) is 90.6 cm³/mol. The summed E-state index contributed by atoms with van der Waals surface area (Å²) in [5.41, 5.74) is 4.43. The molecule has 0 unspecified atom stereocenters. The first kappa shape index (κ1) is 14.9. The first-order valence-corrected chi connectivity index (χ1v) is 7.02. The zero-order valence-electron chi connectivity index (χ0n) is 11.3. The van der Waals surface area contributed by atoms with Crippen molar-refractivity contribution in [3.8, 4) is 21.8 Å². The molecule has 0 radical (unpaired) electrons. The van der Waals surface area contributed by atoms with E-state index in [1.807, 2.05) is 31.3 Å². The number of benzene rings is 1. The Labute approximate surface area is 133 Å². The molecule has 20 heavy (non-hydrogen) atoms. The molecule has 0 aliphatic rings. The van der Waals surface area contributed by atoms with E-state index in [-0.39, 0.29) is 17.0 Å². The van der Waals surface area contributed by atoms with Gasteiger partial charge in [-0.25, -0.2) is 4.98 Å². The quantitative estimate of drug-likeness (QED) is 0.647. The Bertz CT molecular complexity index is 708. The van der Waals surface area contributed by atoms with E-state index in [2.05, 4.69) is 41.2 Å². The number of hydrogen-bond donors (Lipinski definition) is 0. The normalized spacial score (nSPS) is 10.1. The summed E-state index contributed by atoms with van der Waals surface area (Å²) >= 11 is 1.73. The van der Waals surface area contributed by atoms with Crippen molar-refractivity contribution in [3.63, 3.8) is 0 Å². The maximum absolute atomic E-state index is 4.65. The molecule has 3 rings (SSSR count). The van der Waals surface area contributed by atoms with Gasteiger partial charge in [-0.1, -0.05) is 30.3 Å². The van der Waals surface area contributed by atoms with Gasteiger partial charge in [0, 0.05) is 6.20 Å². The van der Waals surface area contributed by atoms with Crippen LogP contribution in [0.2, 0.25) is 0 Å². The highest BCUT2D eigenvalue weighted by atomic mass is 79.9. The van der Waals surface area contributed by atoms with Crippen molar-refractivity contribution in [2.24, 2.45) is 0 Å². The fraction of sp³-hybridized carbons (Fsp3) is 0.125. The van der Waals surface area contributed by atoms with E-state index < -0.39 is 0 Å². The number of aromatic nitrogens is 2. The van der Waals surface area contributed by atoms with Crippen molar-refractivity contribution in [2.75, 3.05) is 0 Å². The lowest BCUT2D eigenvalue weighted by Crippen LogP contribution is -1.87.